The van der Waals surface area contributed by atoms with Crippen molar-refractivity contribution < 1.29 is 4.79 Å². The molecule has 1 aromatic rings. The van der Waals surface area contributed by atoms with Crippen LogP contribution in [0.15, 0.2) is 22.7 Å². The van der Waals surface area contributed by atoms with Gasteiger partial charge in [-0.1, -0.05) is 28.1 Å². The van der Waals surface area contributed by atoms with Crippen molar-refractivity contribution in [3.63, 3.8) is 0 Å². The Morgan fingerprint density at radius 3 is 3.00 bits per heavy atom. The average Bonchev–Trinajstić information content (AvgIpc) is 2.32. The topological polar surface area (TPSA) is 67.2 Å². The Bertz CT molecular complexity index is 492. The van der Waals surface area contributed by atoms with E-state index in [1.54, 1.807) is 0 Å². The second-order valence-corrected chi connectivity index (χ2v) is 5.54. The lowest BCUT2D eigenvalue weighted by Crippen LogP contribution is -2.44. The van der Waals surface area contributed by atoms with Crippen LogP contribution in [0.25, 0.3) is 0 Å². The number of rotatable bonds is 3. The Labute approximate surface area is 119 Å². The number of amides is 1. The molecule has 1 fully saturated rings. The highest BCUT2D eigenvalue weighted by atomic mass is 79.9. The van der Waals surface area contributed by atoms with Crippen LogP contribution in [0.5, 0.6) is 0 Å². The molecule has 1 heterocycles. The molecule has 0 bridgehead atoms. The number of nitrogens with one attached hydrogen (secondary N) is 2. The number of carbonyl (C=O) groups excluding carboxylic acids is 1. The van der Waals surface area contributed by atoms with Crippen molar-refractivity contribution in [1.29, 1.82) is 0 Å². The SMILES string of the molecule is NC(=S)c1ccc(Br)cc1NC1CCCNC1=O. The molecule has 1 atom stereocenters. The molecule has 0 saturated carbocycles. The number of anilines is 1. The van der Waals surface area contributed by atoms with E-state index in [0.717, 1.165) is 35.1 Å². The van der Waals surface area contributed by atoms with Crippen molar-refractivity contribution in [3.05, 3.63) is 28.2 Å². The first-order valence-electron chi connectivity index (χ1n) is 5.71. The van der Waals surface area contributed by atoms with Gasteiger partial charge in [0.15, 0.2) is 0 Å². The quantitative estimate of drug-likeness (QED) is 0.740. The molecule has 1 aromatic carbocycles. The van der Waals surface area contributed by atoms with Gasteiger partial charge in [-0.15, -0.1) is 0 Å². The summed E-state index contributed by atoms with van der Waals surface area (Å²) in [7, 11) is 0. The van der Waals surface area contributed by atoms with Crippen LogP contribution in [-0.2, 0) is 4.79 Å². The zero-order valence-electron chi connectivity index (χ0n) is 9.70. The minimum absolute atomic E-state index is 0.0233. The summed E-state index contributed by atoms with van der Waals surface area (Å²) in [6.07, 6.45) is 1.79. The highest BCUT2D eigenvalue weighted by Crippen LogP contribution is 2.23. The molecule has 1 aliphatic rings. The molecule has 18 heavy (non-hydrogen) atoms. The standard InChI is InChI=1S/C12H14BrN3OS/c13-7-3-4-8(11(14)18)10(6-7)16-9-2-1-5-15-12(9)17/h3-4,6,9,16H,1-2,5H2,(H2,14,18)(H,15,17). The second kappa shape index (κ2) is 5.67. The van der Waals surface area contributed by atoms with Crippen LogP contribution in [0.4, 0.5) is 5.69 Å². The lowest BCUT2D eigenvalue weighted by Gasteiger charge is -2.24. The first-order valence-corrected chi connectivity index (χ1v) is 6.91. The molecule has 1 aliphatic heterocycles. The van der Waals surface area contributed by atoms with Crippen LogP contribution in [0.3, 0.4) is 0 Å². The van der Waals surface area contributed by atoms with Crippen molar-refractivity contribution in [1.82, 2.24) is 5.32 Å². The van der Waals surface area contributed by atoms with Gasteiger partial charge >= 0.3 is 0 Å². The molecule has 4 N–H and O–H groups in total. The first kappa shape index (κ1) is 13.3. The fraction of sp³-hybridized carbons (Fsp3) is 0.333. The fourth-order valence-electron chi connectivity index (χ4n) is 1.95. The third-order valence-electron chi connectivity index (χ3n) is 2.86. The first-order chi connectivity index (χ1) is 8.58. The number of halogens is 1. The minimum atomic E-state index is -0.221. The Morgan fingerprint density at radius 2 is 2.33 bits per heavy atom. The molecular formula is C12H14BrN3OS. The van der Waals surface area contributed by atoms with E-state index >= 15 is 0 Å². The molecule has 4 nitrogen and oxygen atoms in total. The number of thiocarbonyl (C=S) groups is 1. The Balaban J connectivity index is 2.24. The number of piperidine rings is 1. The number of hydrogen-bond donors (Lipinski definition) is 3. The van der Waals surface area contributed by atoms with Crippen LogP contribution in [0, 0.1) is 0 Å². The van der Waals surface area contributed by atoms with Crippen LogP contribution in [0.1, 0.15) is 18.4 Å². The Kier molecular flexibility index (Phi) is 4.19. The Morgan fingerprint density at radius 1 is 1.56 bits per heavy atom. The number of benzene rings is 1. The van der Waals surface area contributed by atoms with Gasteiger partial charge in [0.25, 0.3) is 0 Å². The summed E-state index contributed by atoms with van der Waals surface area (Å²) in [5, 5.41) is 6.05. The summed E-state index contributed by atoms with van der Waals surface area (Å²) in [4.78, 5) is 12.0. The van der Waals surface area contributed by atoms with E-state index in [2.05, 4.69) is 26.6 Å². The van der Waals surface area contributed by atoms with Crippen molar-refractivity contribution in [2.75, 3.05) is 11.9 Å². The van der Waals surface area contributed by atoms with E-state index in [1.807, 2.05) is 18.2 Å². The fourth-order valence-corrected chi connectivity index (χ4v) is 2.49. The third kappa shape index (κ3) is 3.00. The molecule has 0 aliphatic carbocycles. The summed E-state index contributed by atoms with van der Waals surface area (Å²) in [5.74, 6) is 0.0233. The van der Waals surface area contributed by atoms with Gasteiger partial charge in [-0.25, -0.2) is 0 Å². The second-order valence-electron chi connectivity index (χ2n) is 4.18. The molecule has 6 heteroatoms. The average molecular weight is 328 g/mol. The summed E-state index contributed by atoms with van der Waals surface area (Å²) >= 11 is 8.41. The molecule has 96 valence electrons. The Hall–Kier alpha value is -1.14. The van der Waals surface area contributed by atoms with E-state index in [0.29, 0.717) is 4.99 Å². The highest BCUT2D eigenvalue weighted by Gasteiger charge is 2.22. The largest absolute Gasteiger partial charge is 0.389 e. The van der Waals surface area contributed by atoms with E-state index in [-0.39, 0.29) is 11.9 Å². The van der Waals surface area contributed by atoms with Gasteiger partial charge in [0.05, 0.1) is 0 Å². The maximum atomic E-state index is 11.7. The smallest absolute Gasteiger partial charge is 0.242 e. The van der Waals surface area contributed by atoms with Crippen LogP contribution >= 0.6 is 28.1 Å². The van der Waals surface area contributed by atoms with Gasteiger partial charge in [0.2, 0.25) is 5.91 Å². The third-order valence-corrected chi connectivity index (χ3v) is 3.58. The van der Waals surface area contributed by atoms with Crippen molar-refractivity contribution in [2.24, 2.45) is 5.73 Å². The summed E-state index contributed by atoms with van der Waals surface area (Å²) in [6.45, 7) is 0.748. The van der Waals surface area contributed by atoms with Gasteiger partial charge in [-0.05, 0) is 31.0 Å². The maximum absolute atomic E-state index is 11.7. The van der Waals surface area contributed by atoms with Crippen LogP contribution in [0.2, 0.25) is 0 Å². The predicted octanol–water partition coefficient (Wildman–Crippen LogP) is 1.77. The normalized spacial score (nSPS) is 19.2. The molecule has 0 radical (unpaired) electrons. The van der Waals surface area contributed by atoms with Crippen molar-refractivity contribution in [2.45, 2.75) is 18.9 Å². The molecule has 1 saturated heterocycles. The molecule has 1 amide bonds. The molecule has 1 unspecified atom stereocenters. The lowest BCUT2D eigenvalue weighted by atomic mass is 10.1. The van der Waals surface area contributed by atoms with E-state index in [9.17, 15) is 4.79 Å². The number of nitrogens with two attached hydrogens (primary N) is 1. The van der Waals surface area contributed by atoms with Gasteiger partial charge in [-0.3, -0.25) is 4.79 Å². The maximum Gasteiger partial charge on any atom is 0.242 e. The van der Waals surface area contributed by atoms with E-state index < -0.39 is 0 Å². The predicted molar refractivity (Wildman–Crippen MR) is 79.7 cm³/mol. The van der Waals surface area contributed by atoms with E-state index in [4.69, 9.17) is 18.0 Å². The van der Waals surface area contributed by atoms with Gasteiger partial charge in [-0.2, -0.15) is 0 Å². The van der Waals surface area contributed by atoms with Gasteiger partial charge in [0.1, 0.15) is 11.0 Å². The number of carbonyl (C=O) groups is 1. The van der Waals surface area contributed by atoms with Crippen molar-refractivity contribution in [3.8, 4) is 0 Å². The summed E-state index contributed by atoms with van der Waals surface area (Å²) in [6, 6.07) is 5.38. The molecular weight excluding hydrogens is 314 g/mol. The van der Waals surface area contributed by atoms with Gasteiger partial charge < -0.3 is 16.4 Å². The zero-order chi connectivity index (χ0) is 13.1. The number of hydrogen-bond acceptors (Lipinski definition) is 3. The van der Waals surface area contributed by atoms with E-state index in [1.165, 1.54) is 0 Å². The van der Waals surface area contributed by atoms with Crippen LogP contribution in [-0.4, -0.2) is 23.5 Å². The molecule has 0 spiro atoms. The molecule has 2 rings (SSSR count). The highest BCUT2D eigenvalue weighted by molar-refractivity contribution is 9.10. The summed E-state index contributed by atoms with van der Waals surface area (Å²) in [5.41, 5.74) is 7.23. The minimum Gasteiger partial charge on any atom is -0.389 e. The monoisotopic (exact) mass is 327 g/mol. The zero-order valence-corrected chi connectivity index (χ0v) is 12.1. The molecule has 0 aromatic heterocycles. The summed E-state index contributed by atoms with van der Waals surface area (Å²) < 4.78 is 0.918. The van der Waals surface area contributed by atoms with Gasteiger partial charge in [0, 0.05) is 22.3 Å². The van der Waals surface area contributed by atoms with Crippen LogP contribution < -0.4 is 16.4 Å². The lowest BCUT2D eigenvalue weighted by molar-refractivity contribution is -0.123. The van der Waals surface area contributed by atoms with Crippen molar-refractivity contribution >= 4 is 44.7 Å².